The maximum atomic E-state index is 8.84. The maximum absolute atomic E-state index is 8.84. The number of nitrogens with one attached hydrogen (secondary N) is 1. The van der Waals surface area contributed by atoms with Crippen LogP contribution in [0.2, 0.25) is 0 Å². The molecule has 11 heavy (non-hydrogen) atoms. The third kappa shape index (κ3) is 1.94. The molecule has 2 N–H and O–H groups in total. The molecule has 1 aliphatic rings. The number of hydrogen-bond donors (Lipinski definition) is 2. The first-order valence-corrected chi connectivity index (χ1v) is 4.58. The molecule has 0 aliphatic heterocycles. The average molecular weight is 157 g/mol. The van der Waals surface area contributed by atoms with Crippen LogP contribution in [0, 0.1) is 5.92 Å². The Bertz CT molecular complexity index is 103. The summed E-state index contributed by atoms with van der Waals surface area (Å²) in [4.78, 5) is 0. The van der Waals surface area contributed by atoms with Crippen LogP contribution in [0.25, 0.3) is 0 Å². The molecule has 0 radical (unpaired) electrons. The minimum atomic E-state index is 0.295. The molecule has 1 fully saturated rings. The summed E-state index contributed by atoms with van der Waals surface area (Å²) in [6, 6.07) is 0. The summed E-state index contributed by atoms with van der Waals surface area (Å²) in [6.07, 6.45) is 3.40. The SMILES string of the molecule is CCNC1(CCO)CC(C)C1. The zero-order chi connectivity index (χ0) is 8.32. The van der Waals surface area contributed by atoms with Crippen molar-refractivity contribution >= 4 is 0 Å². The molecule has 0 atom stereocenters. The predicted octanol–water partition coefficient (Wildman–Crippen LogP) is 1.15. The Balaban J connectivity index is 2.33. The van der Waals surface area contributed by atoms with Crippen molar-refractivity contribution in [3.8, 4) is 0 Å². The Labute approximate surface area is 69.0 Å². The van der Waals surface area contributed by atoms with Gasteiger partial charge in [-0.25, -0.2) is 0 Å². The van der Waals surface area contributed by atoms with Gasteiger partial charge in [0.25, 0.3) is 0 Å². The Hall–Kier alpha value is -0.0800. The van der Waals surface area contributed by atoms with Crippen LogP contribution in [-0.4, -0.2) is 23.8 Å². The average Bonchev–Trinajstić information content (AvgIpc) is 1.86. The zero-order valence-corrected chi connectivity index (χ0v) is 7.56. The van der Waals surface area contributed by atoms with Crippen LogP contribution in [0.15, 0.2) is 0 Å². The van der Waals surface area contributed by atoms with E-state index in [9.17, 15) is 0 Å². The van der Waals surface area contributed by atoms with Gasteiger partial charge >= 0.3 is 0 Å². The van der Waals surface area contributed by atoms with Crippen molar-refractivity contribution in [2.24, 2.45) is 5.92 Å². The van der Waals surface area contributed by atoms with Crippen LogP contribution < -0.4 is 5.32 Å². The predicted molar refractivity (Wildman–Crippen MR) is 46.5 cm³/mol. The van der Waals surface area contributed by atoms with Gasteiger partial charge in [0.05, 0.1) is 0 Å². The number of aliphatic hydroxyl groups excluding tert-OH is 1. The van der Waals surface area contributed by atoms with Gasteiger partial charge in [-0.05, 0) is 31.7 Å². The molecular weight excluding hydrogens is 138 g/mol. The van der Waals surface area contributed by atoms with Crippen LogP contribution in [0.5, 0.6) is 0 Å². The lowest BCUT2D eigenvalue weighted by atomic mass is 9.67. The Morgan fingerprint density at radius 2 is 2.18 bits per heavy atom. The Kier molecular flexibility index (Phi) is 2.90. The van der Waals surface area contributed by atoms with Crippen molar-refractivity contribution < 1.29 is 5.11 Å². The van der Waals surface area contributed by atoms with Crippen LogP contribution in [-0.2, 0) is 0 Å². The van der Waals surface area contributed by atoms with Crippen LogP contribution in [0.3, 0.4) is 0 Å². The van der Waals surface area contributed by atoms with Gasteiger partial charge in [0.15, 0.2) is 0 Å². The monoisotopic (exact) mass is 157 g/mol. The maximum Gasteiger partial charge on any atom is 0.0448 e. The van der Waals surface area contributed by atoms with E-state index in [-0.39, 0.29) is 0 Å². The molecule has 2 heteroatoms. The molecule has 66 valence electrons. The molecule has 0 spiro atoms. The second kappa shape index (κ2) is 3.55. The van der Waals surface area contributed by atoms with E-state index in [1.165, 1.54) is 12.8 Å². The smallest absolute Gasteiger partial charge is 0.0448 e. The van der Waals surface area contributed by atoms with E-state index in [0.29, 0.717) is 12.1 Å². The summed E-state index contributed by atoms with van der Waals surface area (Å²) in [7, 11) is 0. The van der Waals surface area contributed by atoms with Crippen LogP contribution in [0.4, 0.5) is 0 Å². The second-order valence-electron chi connectivity index (χ2n) is 3.80. The van der Waals surface area contributed by atoms with E-state index in [4.69, 9.17) is 5.11 Å². The number of hydrogen-bond acceptors (Lipinski definition) is 2. The lowest BCUT2D eigenvalue weighted by Gasteiger charge is -2.47. The van der Waals surface area contributed by atoms with Crippen molar-refractivity contribution in [3.05, 3.63) is 0 Å². The summed E-state index contributed by atoms with van der Waals surface area (Å²) < 4.78 is 0. The topological polar surface area (TPSA) is 32.3 Å². The highest BCUT2D eigenvalue weighted by Gasteiger charge is 2.40. The third-order valence-electron chi connectivity index (χ3n) is 2.62. The molecule has 0 aromatic carbocycles. The normalized spacial score (nSPS) is 36.8. The highest BCUT2D eigenvalue weighted by atomic mass is 16.3. The molecule has 0 amide bonds. The molecule has 0 unspecified atom stereocenters. The first-order valence-electron chi connectivity index (χ1n) is 4.58. The van der Waals surface area contributed by atoms with Gasteiger partial charge in [-0.3, -0.25) is 0 Å². The fourth-order valence-corrected chi connectivity index (χ4v) is 2.30. The van der Waals surface area contributed by atoms with Crippen molar-refractivity contribution in [1.29, 1.82) is 0 Å². The van der Waals surface area contributed by atoms with Crippen molar-refractivity contribution in [2.45, 2.75) is 38.6 Å². The molecule has 1 rings (SSSR count). The molecule has 2 nitrogen and oxygen atoms in total. The van der Waals surface area contributed by atoms with E-state index >= 15 is 0 Å². The molecule has 0 aromatic rings. The summed E-state index contributed by atoms with van der Waals surface area (Å²) in [5.74, 6) is 0.848. The zero-order valence-electron chi connectivity index (χ0n) is 7.56. The number of aliphatic hydroxyl groups is 1. The molecular formula is C9H19NO. The highest BCUT2D eigenvalue weighted by molar-refractivity contribution is 4.98. The summed E-state index contributed by atoms with van der Waals surface area (Å²) >= 11 is 0. The third-order valence-corrected chi connectivity index (χ3v) is 2.62. The standard InChI is InChI=1S/C9H19NO/c1-3-10-9(4-5-11)6-8(2)7-9/h8,10-11H,3-7H2,1-2H3. The Morgan fingerprint density at radius 1 is 1.55 bits per heavy atom. The van der Waals surface area contributed by atoms with Gasteiger partial charge in [-0.15, -0.1) is 0 Å². The fraction of sp³-hybridized carbons (Fsp3) is 1.00. The summed E-state index contributed by atoms with van der Waals surface area (Å²) in [5, 5.41) is 12.3. The van der Waals surface area contributed by atoms with Crippen molar-refractivity contribution in [1.82, 2.24) is 5.32 Å². The molecule has 0 aromatic heterocycles. The lowest BCUT2D eigenvalue weighted by Crippen LogP contribution is -2.55. The van der Waals surface area contributed by atoms with Crippen LogP contribution >= 0.6 is 0 Å². The lowest BCUT2D eigenvalue weighted by molar-refractivity contribution is 0.0841. The molecule has 0 heterocycles. The highest BCUT2D eigenvalue weighted by Crippen LogP contribution is 2.39. The molecule has 1 aliphatic carbocycles. The first-order chi connectivity index (χ1) is 5.22. The van der Waals surface area contributed by atoms with Gasteiger partial charge in [-0.1, -0.05) is 13.8 Å². The van der Waals surface area contributed by atoms with E-state index in [1.807, 2.05) is 0 Å². The van der Waals surface area contributed by atoms with Gasteiger partial charge in [0.2, 0.25) is 0 Å². The van der Waals surface area contributed by atoms with Gasteiger partial charge in [0, 0.05) is 12.1 Å². The van der Waals surface area contributed by atoms with Gasteiger partial charge in [-0.2, -0.15) is 0 Å². The molecule has 0 bridgehead atoms. The quantitative estimate of drug-likeness (QED) is 0.641. The largest absolute Gasteiger partial charge is 0.396 e. The van der Waals surface area contributed by atoms with E-state index in [1.54, 1.807) is 0 Å². The summed E-state index contributed by atoms with van der Waals surface area (Å²) in [5.41, 5.74) is 0.295. The number of rotatable bonds is 4. The minimum Gasteiger partial charge on any atom is -0.396 e. The molecule has 1 saturated carbocycles. The van der Waals surface area contributed by atoms with E-state index < -0.39 is 0 Å². The van der Waals surface area contributed by atoms with Gasteiger partial charge < -0.3 is 10.4 Å². The minimum absolute atomic E-state index is 0.295. The van der Waals surface area contributed by atoms with Crippen LogP contribution in [0.1, 0.15) is 33.1 Å². The Morgan fingerprint density at radius 3 is 2.55 bits per heavy atom. The van der Waals surface area contributed by atoms with Crippen molar-refractivity contribution in [3.63, 3.8) is 0 Å². The first kappa shape index (κ1) is 9.01. The van der Waals surface area contributed by atoms with E-state index in [2.05, 4.69) is 19.2 Å². The second-order valence-corrected chi connectivity index (χ2v) is 3.80. The van der Waals surface area contributed by atoms with Gasteiger partial charge in [0.1, 0.15) is 0 Å². The molecule has 0 saturated heterocycles. The van der Waals surface area contributed by atoms with E-state index in [0.717, 1.165) is 18.9 Å². The fourth-order valence-electron chi connectivity index (χ4n) is 2.30. The summed E-state index contributed by atoms with van der Waals surface area (Å²) in [6.45, 7) is 5.74. The van der Waals surface area contributed by atoms with Crippen molar-refractivity contribution in [2.75, 3.05) is 13.2 Å².